The van der Waals surface area contributed by atoms with Gasteiger partial charge in [0.05, 0.1) is 0 Å². The van der Waals surface area contributed by atoms with E-state index in [4.69, 9.17) is 11.6 Å². The highest BCUT2D eigenvalue weighted by Crippen LogP contribution is 1.95. The maximum Gasteiger partial charge on any atom is 0.235 e. The van der Waals surface area contributed by atoms with Crippen LogP contribution in [0, 0.1) is 0 Å². The maximum absolute atomic E-state index is 11.0. The summed E-state index contributed by atoms with van der Waals surface area (Å²) in [4.78, 5) is 11.0. The Morgan fingerprint density at radius 2 is 1.93 bits per heavy atom. The van der Waals surface area contributed by atoms with Gasteiger partial charge in [0.1, 0.15) is 5.75 Å². The molecule has 0 fully saturated rings. The molecule has 84 valence electrons. The fourth-order valence-corrected chi connectivity index (χ4v) is 1.68. The van der Waals surface area contributed by atoms with Crippen LogP contribution in [0.5, 0.6) is 0 Å². The lowest BCUT2D eigenvalue weighted by Crippen LogP contribution is -2.30. The van der Waals surface area contributed by atoms with Crippen LogP contribution < -0.4 is 5.32 Å². The van der Waals surface area contributed by atoms with E-state index in [-0.39, 0.29) is 0 Å². The highest BCUT2D eigenvalue weighted by molar-refractivity contribution is 7.91. The molecular weight excluding hydrogens is 226 g/mol. The molecule has 0 aliphatic heterocycles. The molecule has 0 aromatic carbocycles. The van der Waals surface area contributed by atoms with Gasteiger partial charge in [-0.1, -0.05) is 6.42 Å². The summed E-state index contributed by atoms with van der Waals surface area (Å²) in [6.45, 7) is 0.519. The van der Waals surface area contributed by atoms with Crippen molar-refractivity contribution in [2.45, 2.75) is 19.3 Å². The van der Waals surface area contributed by atoms with Crippen LogP contribution in [0.4, 0.5) is 0 Å². The van der Waals surface area contributed by atoms with Gasteiger partial charge in [0.25, 0.3) is 0 Å². The van der Waals surface area contributed by atoms with E-state index in [1.807, 2.05) is 0 Å². The molecule has 0 spiro atoms. The Bertz CT molecular complexity index is 264. The summed E-state index contributed by atoms with van der Waals surface area (Å²) in [5, 5.41) is 2.54. The van der Waals surface area contributed by atoms with Crippen molar-refractivity contribution in [3.63, 3.8) is 0 Å². The van der Waals surface area contributed by atoms with E-state index in [1.54, 1.807) is 0 Å². The van der Waals surface area contributed by atoms with Crippen molar-refractivity contribution in [1.82, 2.24) is 5.32 Å². The van der Waals surface area contributed by atoms with Crippen molar-refractivity contribution in [3.05, 3.63) is 0 Å². The summed E-state index contributed by atoms with van der Waals surface area (Å²) >= 11 is 5.46. The van der Waals surface area contributed by atoms with Crippen LogP contribution in [0.3, 0.4) is 0 Å². The lowest BCUT2D eigenvalue weighted by molar-refractivity contribution is -0.118. The summed E-state index contributed by atoms with van der Waals surface area (Å²) in [6, 6.07) is 0. The third-order valence-corrected chi connectivity index (χ3v) is 2.58. The number of carbonyl (C=O) groups excluding carboxylic acids is 1. The zero-order valence-corrected chi connectivity index (χ0v) is 9.83. The molecule has 0 radical (unpaired) electrons. The summed E-state index contributed by atoms with van der Waals surface area (Å²) in [5.74, 6) is -0.238. The van der Waals surface area contributed by atoms with Gasteiger partial charge in [-0.05, 0) is 12.8 Å². The standard InChI is InChI=1S/C8H16ClNO3S/c1-14(12,13)7-8(11)10-6-4-2-3-5-9/h2-7H2,1H3,(H,10,11). The summed E-state index contributed by atoms with van der Waals surface area (Å²) < 4.78 is 21.4. The van der Waals surface area contributed by atoms with Gasteiger partial charge >= 0.3 is 0 Å². The predicted molar refractivity (Wildman–Crippen MR) is 57.3 cm³/mol. The van der Waals surface area contributed by atoms with Crippen LogP contribution in [-0.2, 0) is 14.6 Å². The first-order valence-electron chi connectivity index (χ1n) is 4.46. The Hall–Kier alpha value is -0.290. The van der Waals surface area contributed by atoms with Crippen molar-refractivity contribution >= 4 is 27.3 Å². The van der Waals surface area contributed by atoms with Crippen molar-refractivity contribution in [1.29, 1.82) is 0 Å². The van der Waals surface area contributed by atoms with Gasteiger partial charge in [-0.25, -0.2) is 8.42 Å². The minimum Gasteiger partial charge on any atom is -0.355 e. The molecule has 4 nitrogen and oxygen atoms in total. The first kappa shape index (κ1) is 13.7. The van der Waals surface area contributed by atoms with E-state index in [9.17, 15) is 13.2 Å². The van der Waals surface area contributed by atoms with Crippen LogP contribution in [0.25, 0.3) is 0 Å². The second-order valence-electron chi connectivity index (χ2n) is 3.17. The second-order valence-corrected chi connectivity index (χ2v) is 5.69. The van der Waals surface area contributed by atoms with Gasteiger partial charge in [-0.3, -0.25) is 4.79 Å². The summed E-state index contributed by atoms with van der Waals surface area (Å²) in [7, 11) is -3.20. The van der Waals surface area contributed by atoms with Gasteiger partial charge in [0.2, 0.25) is 5.91 Å². The molecule has 0 unspecified atom stereocenters. The minimum atomic E-state index is -3.20. The SMILES string of the molecule is CS(=O)(=O)CC(=O)NCCCCCCl. The molecule has 1 amide bonds. The molecule has 0 aromatic rings. The van der Waals surface area contributed by atoms with E-state index in [1.165, 1.54) is 0 Å². The lowest BCUT2D eigenvalue weighted by atomic mass is 10.2. The molecule has 0 rings (SSSR count). The Labute approximate surface area is 89.9 Å². The van der Waals surface area contributed by atoms with E-state index >= 15 is 0 Å². The molecule has 0 aromatic heterocycles. The molecule has 0 bridgehead atoms. The maximum atomic E-state index is 11.0. The highest BCUT2D eigenvalue weighted by Gasteiger charge is 2.09. The molecule has 6 heteroatoms. The van der Waals surface area contributed by atoms with Crippen LogP contribution in [-0.4, -0.2) is 38.8 Å². The topological polar surface area (TPSA) is 63.2 Å². The summed E-state index contributed by atoms with van der Waals surface area (Å²) in [5.41, 5.74) is 0. The van der Waals surface area contributed by atoms with Gasteiger partial charge in [-0.15, -0.1) is 11.6 Å². The number of rotatable bonds is 7. The van der Waals surface area contributed by atoms with E-state index in [0.29, 0.717) is 12.4 Å². The third kappa shape index (κ3) is 9.80. The quantitative estimate of drug-likeness (QED) is 0.523. The fraction of sp³-hybridized carbons (Fsp3) is 0.875. The van der Waals surface area contributed by atoms with Crippen molar-refractivity contribution < 1.29 is 13.2 Å². The zero-order valence-electron chi connectivity index (χ0n) is 8.25. The fourth-order valence-electron chi connectivity index (χ4n) is 0.913. The number of hydrogen-bond donors (Lipinski definition) is 1. The molecule has 0 heterocycles. The highest BCUT2D eigenvalue weighted by atomic mass is 35.5. The molecule has 0 saturated carbocycles. The average molecular weight is 242 g/mol. The Morgan fingerprint density at radius 3 is 2.43 bits per heavy atom. The van der Waals surface area contributed by atoms with Gasteiger partial charge < -0.3 is 5.32 Å². The Morgan fingerprint density at radius 1 is 1.29 bits per heavy atom. The van der Waals surface area contributed by atoms with Gasteiger partial charge in [-0.2, -0.15) is 0 Å². The number of carbonyl (C=O) groups is 1. The van der Waals surface area contributed by atoms with Crippen molar-refractivity contribution in [3.8, 4) is 0 Å². The van der Waals surface area contributed by atoms with Crippen LogP contribution in [0.15, 0.2) is 0 Å². The smallest absolute Gasteiger partial charge is 0.235 e. The molecule has 0 aliphatic rings. The lowest BCUT2D eigenvalue weighted by Gasteiger charge is -2.03. The number of unbranched alkanes of at least 4 members (excludes halogenated alkanes) is 2. The molecular formula is C8H16ClNO3S. The number of halogens is 1. The Balaban J connectivity index is 3.46. The molecule has 1 N–H and O–H groups in total. The monoisotopic (exact) mass is 241 g/mol. The first-order valence-corrected chi connectivity index (χ1v) is 7.05. The second kappa shape index (κ2) is 7.06. The Kier molecular flexibility index (Phi) is 6.92. The first-order chi connectivity index (χ1) is 6.45. The van der Waals surface area contributed by atoms with Crippen LogP contribution in [0.2, 0.25) is 0 Å². The predicted octanol–water partition coefficient (Wildman–Crippen LogP) is 0.556. The normalized spacial score (nSPS) is 11.3. The molecule has 14 heavy (non-hydrogen) atoms. The van der Waals surface area contributed by atoms with E-state index in [0.717, 1.165) is 25.5 Å². The number of amides is 1. The van der Waals surface area contributed by atoms with Crippen molar-refractivity contribution in [2.75, 3.05) is 24.4 Å². The number of alkyl halides is 1. The average Bonchev–Trinajstić information content (AvgIpc) is 2.00. The van der Waals surface area contributed by atoms with E-state index < -0.39 is 21.5 Å². The zero-order chi connectivity index (χ0) is 11.0. The van der Waals surface area contributed by atoms with E-state index in [2.05, 4.69) is 5.32 Å². The minimum absolute atomic E-state index is 0.428. The van der Waals surface area contributed by atoms with Gasteiger partial charge in [0.15, 0.2) is 9.84 Å². The number of hydrogen-bond acceptors (Lipinski definition) is 3. The third-order valence-electron chi connectivity index (χ3n) is 1.53. The number of nitrogens with one attached hydrogen (secondary N) is 1. The van der Waals surface area contributed by atoms with Crippen LogP contribution in [0.1, 0.15) is 19.3 Å². The van der Waals surface area contributed by atoms with Crippen LogP contribution >= 0.6 is 11.6 Å². The van der Waals surface area contributed by atoms with Crippen molar-refractivity contribution in [2.24, 2.45) is 0 Å². The van der Waals surface area contributed by atoms with Gasteiger partial charge in [0, 0.05) is 18.7 Å². The number of sulfone groups is 1. The molecule has 0 saturated heterocycles. The molecule has 0 aliphatic carbocycles. The summed E-state index contributed by atoms with van der Waals surface area (Å²) in [6.07, 6.45) is 3.74. The largest absolute Gasteiger partial charge is 0.355 e. The molecule has 0 atom stereocenters.